The Hall–Kier alpha value is -1.50. The molecule has 272 valence electrons. The van der Waals surface area contributed by atoms with Crippen LogP contribution in [0, 0.1) is 0 Å². The molecule has 1 heterocycles. The van der Waals surface area contributed by atoms with Crippen LogP contribution in [-0.4, -0.2) is 166 Å². The van der Waals surface area contributed by atoms with E-state index in [2.05, 4.69) is 43.7 Å². The third kappa shape index (κ3) is 22.1. The number of aliphatic carboxylic acids is 1. The van der Waals surface area contributed by atoms with E-state index in [4.69, 9.17) is 14.6 Å². The largest absolute Gasteiger partial charge is 0.481 e. The molecule has 0 aromatic rings. The summed E-state index contributed by atoms with van der Waals surface area (Å²) in [5, 5.41) is 58.2. The SMILES string of the molecule is CCNCCN(CCNCCCCCNCCNCCNCCCCCC(=O)O)CC(=O)NCCO[C@@H]1O[C@@H](C)[C@@H](O)[C@@H](O)[C@@H]1O. The third-order valence-corrected chi connectivity index (χ3v) is 7.75. The van der Waals surface area contributed by atoms with E-state index >= 15 is 0 Å². The number of nitrogens with one attached hydrogen (secondary N) is 6. The van der Waals surface area contributed by atoms with Gasteiger partial charge in [-0.25, -0.2) is 0 Å². The Morgan fingerprint density at radius 3 is 1.83 bits per heavy atom. The van der Waals surface area contributed by atoms with Crippen LogP contribution in [0.3, 0.4) is 0 Å². The minimum Gasteiger partial charge on any atom is -0.481 e. The molecule has 0 aromatic carbocycles. The summed E-state index contributed by atoms with van der Waals surface area (Å²) < 4.78 is 10.9. The van der Waals surface area contributed by atoms with Crippen LogP contribution >= 0.6 is 0 Å². The van der Waals surface area contributed by atoms with Crippen molar-refractivity contribution in [2.45, 2.75) is 89.5 Å². The number of nitrogens with zero attached hydrogens (tertiary/aromatic N) is 1. The molecule has 0 aromatic heterocycles. The lowest BCUT2D eigenvalue weighted by Gasteiger charge is -2.38. The summed E-state index contributed by atoms with van der Waals surface area (Å²) >= 11 is 0. The Kier molecular flexibility index (Phi) is 26.4. The highest BCUT2D eigenvalue weighted by atomic mass is 16.7. The molecule has 0 saturated carbocycles. The van der Waals surface area contributed by atoms with Crippen molar-refractivity contribution in [3.8, 4) is 0 Å². The van der Waals surface area contributed by atoms with Crippen LogP contribution in [0.5, 0.6) is 0 Å². The molecule has 1 saturated heterocycles. The molecular formula is C31H65N7O8. The van der Waals surface area contributed by atoms with Crippen LogP contribution in [0.4, 0.5) is 0 Å². The molecule has 10 N–H and O–H groups in total. The first-order chi connectivity index (χ1) is 22.3. The second-order valence-electron chi connectivity index (χ2n) is 11.8. The Balaban J connectivity index is 2.01. The van der Waals surface area contributed by atoms with Gasteiger partial charge in [-0.2, -0.15) is 0 Å². The van der Waals surface area contributed by atoms with Gasteiger partial charge in [-0.1, -0.05) is 19.8 Å². The van der Waals surface area contributed by atoms with Gasteiger partial charge in [-0.05, 0) is 58.8 Å². The molecule has 0 bridgehead atoms. The van der Waals surface area contributed by atoms with Crippen LogP contribution in [-0.2, 0) is 19.1 Å². The Morgan fingerprint density at radius 2 is 1.24 bits per heavy atom. The minimum atomic E-state index is -1.36. The summed E-state index contributed by atoms with van der Waals surface area (Å²) in [7, 11) is 0. The molecule has 5 atom stereocenters. The number of carboxylic acids is 1. The molecule has 46 heavy (non-hydrogen) atoms. The number of amides is 1. The zero-order chi connectivity index (χ0) is 33.8. The van der Waals surface area contributed by atoms with Gasteiger partial charge in [0.25, 0.3) is 0 Å². The zero-order valence-corrected chi connectivity index (χ0v) is 28.3. The highest BCUT2D eigenvalue weighted by molar-refractivity contribution is 5.78. The van der Waals surface area contributed by atoms with Crippen molar-refractivity contribution in [2.24, 2.45) is 0 Å². The van der Waals surface area contributed by atoms with Crippen molar-refractivity contribution in [1.29, 1.82) is 0 Å². The van der Waals surface area contributed by atoms with Crippen molar-refractivity contribution in [2.75, 3.05) is 98.2 Å². The van der Waals surface area contributed by atoms with Crippen molar-refractivity contribution in [3.63, 3.8) is 0 Å². The number of unbranched alkanes of at least 4 members (excludes halogenated alkanes) is 4. The van der Waals surface area contributed by atoms with Gasteiger partial charge >= 0.3 is 5.97 Å². The maximum atomic E-state index is 12.5. The van der Waals surface area contributed by atoms with E-state index in [1.165, 1.54) is 0 Å². The molecule has 0 radical (unpaired) electrons. The lowest BCUT2D eigenvalue weighted by molar-refractivity contribution is -0.292. The predicted molar refractivity (Wildman–Crippen MR) is 178 cm³/mol. The summed E-state index contributed by atoms with van der Waals surface area (Å²) in [5.74, 6) is -0.831. The fourth-order valence-electron chi connectivity index (χ4n) is 4.93. The Morgan fingerprint density at radius 1 is 0.696 bits per heavy atom. The summed E-state index contributed by atoms with van der Waals surface area (Å²) in [4.78, 5) is 25.1. The fourth-order valence-corrected chi connectivity index (χ4v) is 4.93. The van der Waals surface area contributed by atoms with Gasteiger partial charge in [0, 0.05) is 65.3 Å². The molecule has 0 unspecified atom stereocenters. The first-order valence-electron chi connectivity index (χ1n) is 17.3. The van der Waals surface area contributed by atoms with E-state index < -0.39 is 36.7 Å². The first kappa shape index (κ1) is 42.5. The number of carbonyl (C=O) groups excluding carboxylic acids is 1. The number of hydrogen-bond acceptors (Lipinski definition) is 13. The zero-order valence-electron chi connectivity index (χ0n) is 28.3. The summed E-state index contributed by atoms with van der Waals surface area (Å²) in [6.45, 7) is 14.9. The smallest absolute Gasteiger partial charge is 0.303 e. The molecular weight excluding hydrogens is 598 g/mol. The van der Waals surface area contributed by atoms with E-state index in [1.54, 1.807) is 6.92 Å². The minimum absolute atomic E-state index is 0.104. The van der Waals surface area contributed by atoms with Crippen molar-refractivity contribution >= 4 is 11.9 Å². The molecule has 1 aliphatic heterocycles. The molecule has 1 amide bonds. The van der Waals surface area contributed by atoms with Crippen LogP contribution < -0.4 is 31.9 Å². The molecule has 1 rings (SSSR count). The average molecular weight is 664 g/mol. The number of likely N-dealkylation sites (N-methyl/N-ethyl adjacent to an activating group) is 1. The van der Waals surface area contributed by atoms with Crippen molar-refractivity contribution in [1.82, 2.24) is 36.8 Å². The fraction of sp³-hybridized carbons (Fsp3) is 0.935. The van der Waals surface area contributed by atoms with E-state index in [0.717, 1.165) is 117 Å². The second-order valence-corrected chi connectivity index (χ2v) is 11.8. The van der Waals surface area contributed by atoms with Gasteiger partial charge in [-0.15, -0.1) is 0 Å². The number of ether oxygens (including phenoxy) is 2. The van der Waals surface area contributed by atoms with Crippen molar-refractivity contribution < 1.29 is 39.5 Å². The van der Waals surface area contributed by atoms with Gasteiger partial charge in [0.05, 0.1) is 19.3 Å². The number of hydrogen-bond donors (Lipinski definition) is 10. The van der Waals surface area contributed by atoms with E-state index in [1.807, 2.05) is 0 Å². The van der Waals surface area contributed by atoms with Crippen LogP contribution in [0.1, 0.15) is 58.8 Å². The third-order valence-electron chi connectivity index (χ3n) is 7.75. The molecule has 15 heteroatoms. The molecule has 0 spiro atoms. The molecule has 0 aliphatic carbocycles. The highest BCUT2D eigenvalue weighted by Gasteiger charge is 2.42. The van der Waals surface area contributed by atoms with Crippen LogP contribution in [0.15, 0.2) is 0 Å². The van der Waals surface area contributed by atoms with E-state index in [9.17, 15) is 24.9 Å². The Bertz CT molecular complexity index is 758. The standard InChI is InChI=1S/C31H65N7O8/c1-3-32-18-21-38(24-26(39)37-20-23-45-31-30(44)29(43)28(42)25(2)46-31)22-19-35-13-9-5-8-12-34-15-17-36-16-14-33-11-7-4-6-10-27(40)41/h25,28-36,42-44H,3-24H2,1-2H3,(H,37,39)(H,40,41)/t25-,28+,29+,30-,31+/m0/s1. The quantitative estimate of drug-likeness (QED) is 0.0365. The molecule has 1 fully saturated rings. The monoisotopic (exact) mass is 663 g/mol. The van der Waals surface area contributed by atoms with Gasteiger partial charge in [0.15, 0.2) is 6.29 Å². The Labute approximate surface area is 275 Å². The number of aliphatic hydroxyl groups is 3. The van der Waals surface area contributed by atoms with Crippen LogP contribution in [0.25, 0.3) is 0 Å². The highest BCUT2D eigenvalue weighted by Crippen LogP contribution is 2.21. The lowest BCUT2D eigenvalue weighted by Crippen LogP contribution is -2.57. The maximum absolute atomic E-state index is 12.5. The topological polar surface area (TPSA) is 209 Å². The maximum Gasteiger partial charge on any atom is 0.303 e. The van der Waals surface area contributed by atoms with Gasteiger partial charge in [0.2, 0.25) is 5.91 Å². The number of carboxylic acid groups (broad SMARTS) is 1. The first-order valence-corrected chi connectivity index (χ1v) is 17.3. The van der Waals surface area contributed by atoms with Crippen LogP contribution in [0.2, 0.25) is 0 Å². The van der Waals surface area contributed by atoms with Gasteiger partial charge in [0.1, 0.15) is 18.3 Å². The second kappa shape index (κ2) is 28.5. The average Bonchev–Trinajstić information content (AvgIpc) is 3.03. The molecule has 15 nitrogen and oxygen atoms in total. The van der Waals surface area contributed by atoms with E-state index in [-0.39, 0.29) is 32.0 Å². The normalized spacial score (nSPS) is 21.6. The van der Waals surface area contributed by atoms with E-state index in [0.29, 0.717) is 0 Å². The number of carbonyl (C=O) groups is 2. The predicted octanol–water partition coefficient (Wildman–Crippen LogP) is -1.97. The number of aliphatic hydroxyl groups excluding tert-OH is 3. The summed E-state index contributed by atoms with van der Waals surface area (Å²) in [6, 6.07) is 0. The number of rotatable bonds is 31. The van der Waals surface area contributed by atoms with Gasteiger partial charge in [-0.3, -0.25) is 14.5 Å². The molecule has 1 aliphatic rings. The lowest BCUT2D eigenvalue weighted by atomic mass is 10.0. The summed E-state index contributed by atoms with van der Waals surface area (Å²) in [6.07, 6.45) is 0.755. The van der Waals surface area contributed by atoms with Crippen molar-refractivity contribution in [3.05, 3.63) is 0 Å². The summed E-state index contributed by atoms with van der Waals surface area (Å²) in [5.41, 5.74) is 0. The van der Waals surface area contributed by atoms with Gasteiger partial charge < -0.3 is 61.8 Å².